The lowest BCUT2D eigenvalue weighted by Crippen LogP contribution is -2.32. The molecule has 104 valence electrons. The third kappa shape index (κ3) is 7.44. The van der Waals surface area contributed by atoms with E-state index < -0.39 is 18.1 Å². The Morgan fingerprint density at radius 3 is 2.61 bits per heavy atom. The van der Waals surface area contributed by atoms with Crippen molar-refractivity contribution in [3.05, 3.63) is 0 Å². The van der Waals surface area contributed by atoms with E-state index in [9.17, 15) is 9.59 Å². The van der Waals surface area contributed by atoms with Gasteiger partial charge in [0.2, 0.25) is 0 Å². The van der Waals surface area contributed by atoms with Crippen molar-refractivity contribution in [1.82, 2.24) is 10.8 Å². The number of carbonyl (C=O) groups is 2. The van der Waals surface area contributed by atoms with Gasteiger partial charge in [0.05, 0.1) is 0 Å². The van der Waals surface area contributed by atoms with Crippen molar-refractivity contribution in [3.63, 3.8) is 0 Å². The van der Waals surface area contributed by atoms with E-state index in [2.05, 4.69) is 20.6 Å². The van der Waals surface area contributed by atoms with Crippen molar-refractivity contribution >= 4 is 17.9 Å². The van der Waals surface area contributed by atoms with Gasteiger partial charge in [0.1, 0.15) is 11.9 Å². The maximum Gasteiger partial charge on any atom is 0.431 e. The van der Waals surface area contributed by atoms with Crippen LogP contribution < -0.4 is 16.5 Å². The van der Waals surface area contributed by atoms with Crippen LogP contribution in [0.3, 0.4) is 0 Å². The quantitative estimate of drug-likeness (QED) is 0.228. The first-order valence-electron chi connectivity index (χ1n) is 5.63. The van der Waals surface area contributed by atoms with Crippen LogP contribution in [-0.4, -0.2) is 42.6 Å². The second kappa shape index (κ2) is 9.23. The van der Waals surface area contributed by atoms with Crippen molar-refractivity contribution in [1.29, 1.82) is 0 Å². The van der Waals surface area contributed by atoms with E-state index in [-0.39, 0.29) is 5.84 Å². The molecule has 0 spiro atoms. The van der Waals surface area contributed by atoms with E-state index in [0.29, 0.717) is 19.4 Å². The van der Waals surface area contributed by atoms with Crippen molar-refractivity contribution in [2.24, 2.45) is 10.7 Å². The summed E-state index contributed by atoms with van der Waals surface area (Å²) < 4.78 is 0. The molecule has 1 amide bonds. The van der Waals surface area contributed by atoms with Crippen molar-refractivity contribution in [2.75, 3.05) is 13.6 Å². The highest BCUT2D eigenvalue weighted by atomic mass is 16.7. The molecule has 0 aliphatic carbocycles. The van der Waals surface area contributed by atoms with Gasteiger partial charge in [-0.05, 0) is 32.7 Å². The van der Waals surface area contributed by atoms with Gasteiger partial charge in [-0.25, -0.2) is 15.1 Å². The highest BCUT2D eigenvalue weighted by Gasteiger charge is 2.15. The molecule has 5 N–H and O–H groups in total. The molecule has 0 fully saturated rings. The number of hydrogen-bond donors (Lipinski definition) is 4. The standard InChI is InChI=1S/C10H20N4O4/c1-7(14-18-10(17)12-2)13-8(9(15)16)5-3-4-6-11/h8H,3-6,11H2,1-2H3,(H,12,17)(H,13,14)(H,15,16)/t8-/m0/s1. The molecule has 0 radical (unpaired) electrons. The number of hydrogen-bond acceptors (Lipinski definition) is 5. The van der Waals surface area contributed by atoms with Gasteiger partial charge in [0.25, 0.3) is 0 Å². The number of unbranched alkanes of at least 4 members (excludes halogenated alkanes) is 1. The number of carboxylic acid groups (broad SMARTS) is 1. The number of rotatable bonds is 6. The van der Waals surface area contributed by atoms with Gasteiger partial charge < -0.3 is 21.0 Å². The fraction of sp³-hybridized carbons (Fsp3) is 0.700. The number of amidine groups is 1. The van der Waals surface area contributed by atoms with Gasteiger partial charge in [-0.3, -0.25) is 4.99 Å². The number of carbonyl (C=O) groups excluding carboxylic acids is 1. The fourth-order valence-electron chi connectivity index (χ4n) is 1.16. The van der Waals surface area contributed by atoms with Gasteiger partial charge in [-0.1, -0.05) is 0 Å². The summed E-state index contributed by atoms with van der Waals surface area (Å²) in [5.74, 6) is -0.799. The molecule has 8 nitrogen and oxygen atoms in total. The fourth-order valence-corrected chi connectivity index (χ4v) is 1.16. The summed E-state index contributed by atoms with van der Waals surface area (Å²) in [6.07, 6.45) is 1.15. The second-order valence-electron chi connectivity index (χ2n) is 3.59. The van der Waals surface area contributed by atoms with E-state index in [1.54, 1.807) is 0 Å². The minimum Gasteiger partial charge on any atom is -0.480 e. The first kappa shape index (κ1) is 16.2. The Morgan fingerprint density at radius 1 is 1.44 bits per heavy atom. The van der Waals surface area contributed by atoms with Crippen LogP contribution in [0.5, 0.6) is 0 Å². The van der Waals surface area contributed by atoms with Gasteiger partial charge in [-0.15, -0.1) is 0 Å². The predicted molar refractivity (Wildman–Crippen MR) is 66.1 cm³/mol. The minimum atomic E-state index is -1.02. The van der Waals surface area contributed by atoms with Crippen LogP contribution in [0, 0.1) is 0 Å². The van der Waals surface area contributed by atoms with Crippen LogP contribution >= 0.6 is 0 Å². The van der Waals surface area contributed by atoms with Gasteiger partial charge in [0, 0.05) is 7.05 Å². The molecule has 0 bridgehead atoms. The highest BCUT2D eigenvalue weighted by molar-refractivity contribution is 5.84. The number of aliphatic carboxylic acids is 1. The van der Waals surface area contributed by atoms with Crippen LogP contribution in [0.2, 0.25) is 0 Å². The zero-order chi connectivity index (χ0) is 14.0. The molecule has 0 aliphatic heterocycles. The monoisotopic (exact) mass is 260 g/mol. The average Bonchev–Trinajstić information content (AvgIpc) is 2.34. The molecule has 0 rings (SSSR count). The molecule has 0 saturated heterocycles. The molecule has 0 heterocycles. The molecule has 0 aromatic heterocycles. The van der Waals surface area contributed by atoms with E-state index in [1.165, 1.54) is 14.0 Å². The Bertz CT molecular complexity index is 306. The zero-order valence-corrected chi connectivity index (χ0v) is 10.6. The van der Waals surface area contributed by atoms with Crippen molar-refractivity contribution in [2.45, 2.75) is 32.2 Å². The number of carboxylic acids is 1. The van der Waals surface area contributed by atoms with Crippen LogP contribution in [0.15, 0.2) is 4.99 Å². The van der Waals surface area contributed by atoms with Gasteiger partial charge in [0.15, 0.2) is 0 Å². The minimum absolute atomic E-state index is 0.221. The molecule has 8 heteroatoms. The van der Waals surface area contributed by atoms with Gasteiger partial charge >= 0.3 is 12.1 Å². The molecule has 0 aromatic rings. The normalized spacial score (nSPS) is 12.7. The molecule has 1 atom stereocenters. The summed E-state index contributed by atoms with van der Waals surface area (Å²) in [4.78, 5) is 30.1. The van der Waals surface area contributed by atoms with Gasteiger partial charge in [-0.2, -0.15) is 0 Å². The summed E-state index contributed by atoms with van der Waals surface area (Å²) in [5, 5.41) is 11.2. The lowest BCUT2D eigenvalue weighted by Gasteiger charge is -2.10. The maximum atomic E-state index is 10.9. The Kier molecular flexibility index (Phi) is 8.29. The Labute approximate surface area is 106 Å². The lowest BCUT2D eigenvalue weighted by molar-refractivity contribution is -0.138. The number of nitrogens with zero attached hydrogens (tertiary/aromatic N) is 1. The molecule has 0 saturated carbocycles. The second-order valence-corrected chi connectivity index (χ2v) is 3.59. The molecule has 0 aliphatic rings. The van der Waals surface area contributed by atoms with Crippen LogP contribution in [-0.2, 0) is 9.63 Å². The Balaban J connectivity index is 4.26. The summed E-state index contributed by atoms with van der Waals surface area (Å²) in [6.45, 7) is 2.04. The van der Waals surface area contributed by atoms with E-state index in [1.807, 2.05) is 0 Å². The zero-order valence-electron chi connectivity index (χ0n) is 10.6. The largest absolute Gasteiger partial charge is 0.480 e. The number of hydroxylamine groups is 1. The van der Waals surface area contributed by atoms with E-state index in [0.717, 1.165) is 6.42 Å². The number of nitrogens with two attached hydrogens (primary N) is 1. The molecular formula is C10H20N4O4. The summed E-state index contributed by atoms with van der Waals surface area (Å²) >= 11 is 0. The SMILES string of the molecule is CNC(=O)ONC(C)=N[C@@H](CCCCN)C(=O)O. The maximum absolute atomic E-state index is 10.9. The topological polar surface area (TPSA) is 126 Å². The van der Waals surface area contributed by atoms with E-state index >= 15 is 0 Å². The Hall–Kier alpha value is -1.83. The molecule has 0 unspecified atom stereocenters. The number of nitrogens with one attached hydrogen (secondary N) is 2. The highest BCUT2D eigenvalue weighted by Crippen LogP contribution is 2.05. The average molecular weight is 260 g/mol. The number of amides is 1. The first-order valence-corrected chi connectivity index (χ1v) is 5.63. The summed E-state index contributed by atoms with van der Waals surface area (Å²) in [5.41, 5.74) is 7.59. The summed E-state index contributed by atoms with van der Waals surface area (Å²) in [7, 11) is 1.41. The predicted octanol–water partition coefficient (Wildman–Crippen LogP) is -0.152. The first-order chi connectivity index (χ1) is 8.51. The third-order valence-electron chi connectivity index (χ3n) is 2.06. The molecule has 18 heavy (non-hydrogen) atoms. The molecular weight excluding hydrogens is 240 g/mol. The van der Waals surface area contributed by atoms with Crippen LogP contribution in [0.1, 0.15) is 26.2 Å². The Morgan fingerprint density at radius 2 is 2.11 bits per heavy atom. The number of aliphatic imine (C=N–C) groups is 1. The smallest absolute Gasteiger partial charge is 0.431 e. The summed E-state index contributed by atoms with van der Waals surface area (Å²) in [6, 6.07) is -0.864. The van der Waals surface area contributed by atoms with Crippen molar-refractivity contribution in [3.8, 4) is 0 Å². The lowest BCUT2D eigenvalue weighted by atomic mass is 10.1. The molecule has 0 aromatic carbocycles. The van der Waals surface area contributed by atoms with Crippen molar-refractivity contribution < 1.29 is 19.5 Å². The van der Waals surface area contributed by atoms with Crippen LogP contribution in [0.25, 0.3) is 0 Å². The van der Waals surface area contributed by atoms with Crippen LogP contribution in [0.4, 0.5) is 4.79 Å². The van der Waals surface area contributed by atoms with E-state index in [4.69, 9.17) is 10.8 Å². The third-order valence-corrected chi connectivity index (χ3v) is 2.06.